The van der Waals surface area contributed by atoms with E-state index in [2.05, 4.69) is 10.3 Å². The fourth-order valence-corrected chi connectivity index (χ4v) is 4.13. The number of ether oxygens (including phenoxy) is 1. The molecule has 11 heteroatoms. The lowest BCUT2D eigenvalue weighted by atomic mass is 9.98. The molecule has 0 aromatic heterocycles. The standard InChI is InChI=1S/C23H21N5O3S.2ClH/c24-20(29)12-18-17-7-3-15(21(25)26)11-14(17)4-8-19(18)31-22(30)13-1-5-16(6-2-13)28-23-27-9-10-32-23;;/h1-8,11H,9-10,12H2,(H2,24,29)(H3,25,26)(H,27,28);2*1H. The zero-order valence-electron chi connectivity index (χ0n) is 17.9. The van der Waals surface area contributed by atoms with Crippen molar-refractivity contribution in [2.24, 2.45) is 16.5 Å². The molecule has 1 aliphatic rings. The van der Waals surface area contributed by atoms with Crippen LogP contribution in [0.5, 0.6) is 5.75 Å². The Bertz CT molecular complexity index is 1270. The Morgan fingerprint density at radius 3 is 2.35 bits per heavy atom. The molecule has 34 heavy (non-hydrogen) atoms. The summed E-state index contributed by atoms with van der Waals surface area (Å²) in [6, 6.07) is 15.4. The lowest BCUT2D eigenvalue weighted by Gasteiger charge is -2.13. The average molecular weight is 520 g/mol. The van der Waals surface area contributed by atoms with Gasteiger partial charge in [-0.2, -0.15) is 0 Å². The number of thioether (sulfide) groups is 1. The Balaban J connectivity index is 0.00000204. The lowest BCUT2D eigenvalue weighted by molar-refractivity contribution is -0.117. The Morgan fingerprint density at radius 1 is 1.03 bits per heavy atom. The van der Waals surface area contributed by atoms with Gasteiger partial charge < -0.3 is 21.5 Å². The van der Waals surface area contributed by atoms with Gasteiger partial charge in [-0.05, 0) is 47.2 Å². The number of amides is 1. The highest BCUT2D eigenvalue weighted by Crippen LogP contribution is 2.30. The van der Waals surface area contributed by atoms with Crippen LogP contribution in [0.25, 0.3) is 10.8 Å². The SMILES string of the molecule is Cl.Cl.N=C(N)c1ccc2c(CC(N)=O)c(OC(=O)c3ccc(NC4=NCCS4)cc3)ccc2c1. The second kappa shape index (κ2) is 11.7. The van der Waals surface area contributed by atoms with Crippen LogP contribution < -0.4 is 21.5 Å². The maximum Gasteiger partial charge on any atom is 0.343 e. The number of nitrogens with zero attached hydrogens (tertiary/aromatic N) is 1. The number of hydrogen-bond acceptors (Lipinski definition) is 7. The van der Waals surface area contributed by atoms with Crippen LogP contribution in [0.15, 0.2) is 59.6 Å². The molecule has 0 unspecified atom stereocenters. The summed E-state index contributed by atoms with van der Waals surface area (Å²) in [6.07, 6.45) is -0.0952. The number of anilines is 1. The van der Waals surface area contributed by atoms with Crippen molar-refractivity contribution in [3.63, 3.8) is 0 Å². The van der Waals surface area contributed by atoms with Gasteiger partial charge >= 0.3 is 5.97 Å². The molecule has 0 fully saturated rings. The van der Waals surface area contributed by atoms with Crippen LogP contribution in [0.4, 0.5) is 5.69 Å². The Morgan fingerprint density at radius 2 is 1.74 bits per heavy atom. The van der Waals surface area contributed by atoms with E-state index in [0.717, 1.165) is 28.5 Å². The first-order chi connectivity index (χ1) is 15.4. The summed E-state index contributed by atoms with van der Waals surface area (Å²) >= 11 is 1.65. The predicted octanol–water partition coefficient (Wildman–Crippen LogP) is 3.73. The molecule has 0 radical (unpaired) electrons. The molecule has 1 aliphatic heterocycles. The van der Waals surface area contributed by atoms with Crippen molar-refractivity contribution < 1.29 is 14.3 Å². The summed E-state index contributed by atoms with van der Waals surface area (Å²) in [5, 5.41) is 13.1. The van der Waals surface area contributed by atoms with Crippen LogP contribution in [0.3, 0.4) is 0 Å². The highest BCUT2D eigenvalue weighted by Gasteiger charge is 2.17. The monoisotopic (exact) mass is 519 g/mol. The summed E-state index contributed by atoms with van der Waals surface area (Å²) in [5.74, 6) is 0.0664. The maximum atomic E-state index is 12.8. The largest absolute Gasteiger partial charge is 0.423 e. The first-order valence-electron chi connectivity index (χ1n) is 9.85. The van der Waals surface area contributed by atoms with E-state index in [-0.39, 0.29) is 42.8 Å². The summed E-state index contributed by atoms with van der Waals surface area (Å²) in [7, 11) is 0. The van der Waals surface area contributed by atoms with Gasteiger partial charge in [0.2, 0.25) is 5.91 Å². The molecule has 3 aromatic carbocycles. The summed E-state index contributed by atoms with van der Waals surface area (Å²) in [5.41, 5.74) is 13.3. The number of fused-ring (bicyclic) bond motifs is 1. The first-order valence-corrected chi connectivity index (χ1v) is 10.8. The molecule has 0 atom stereocenters. The second-order valence-electron chi connectivity index (χ2n) is 7.16. The van der Waals surface area contributed by atoms with Gasteiger partial charge in [-0.25, -0.2) is 4.79 Å². The van der Waals surface area contributed by atoms with E-state index in [1.807, 2.05) is 0 Å². The zero-order valence-corrected chi connectivity index (χ0v) is 20.3. The van der Waals surface area contributed by atoms with Crippen LogP contribution in [0.1, 0.15) is 21.5 Å². The van der Waals surface area contributed by atoms with Crippen LogP contribution in [-0.2, 0) is 11.2 Å². The van der Waals surface area contributed by atoms with Gasteiger partial charge in [0.25, 0.3) is 0 Å². The third-order valence-electron chi connectivity index (χ3n) is 4.91. The number of primary amides is 1. The minimum Gasteiger partial charge on any atom is -0.423 e. The number of carbonyl (C=O) groups is 2. The number of hydrogen-bond donors (Lipinski definition) is 4. The molecule has 1 heterocycles. The van der Waals surface area contributed by atoms with Gasteiger partial charge in [0.15, 0.2) is 5.17 Å². The van der Waals surface area contributed by atoms with Gasteiger partial charge in [0, 0.05) is 22.6 Å². The molecule has 178 valence electrons. The van der Waals surface area contributed by atoms with Crippen molar-refractivity contribution in [1.29, 1.82) is 5.41 Å². The van der Waals surface area contributed by atoms with Crippen LogP contribution >= 0.6 is 36.6 Å². The molecule has 1 amide bonds. The van der Waals surface area contributed by atoms with Gasteiger partial charge in [-0.15, -0.1) is 24.8 Å². The van der Waals surface area contributed by atoms with Crippen molar-refractivity contribution in [1.82, 2.24) is 0 Å². The van der Waals surface area contributed by atoms with Crippen molar-refractivity contribution in [3.05, 3.63) is 71.3 Å². The molecule has 0 saturated heterocycles. The summed E-state index contributed by atoms with van der Waals surface area (Å²) in [4.78, 5) is 28.8. The molecule has 0 bridgehead atoms. The number of aliphatic imine (C=N–C) groups is 1. The molecule has 8 nitrogen and oxygen atoms in total. The van der Waals surface area contributed by atoms with Crippen molar-refractivity contribution in [3.8, 4) is 5.75 Å². The predicted molar refractivity (Wildman–Crippen MR) is 142 cm³/mol. The number of esters is 1. The third kappa shape index (κ3) is 6.19. The minimum atomic E-state index is -0.548. The number of carbonyl (C=O) groups excluding carboxylic acids is 2. The Kier molecular flexibility index (Phi) is 9.31. The van der Waals surface area contributed by atoms with Crippen molar-refractivity contribution >= 4 is 75.9 Å². The first kappa shape index (κ1) is 27.0. The minimum absolute atomic E-state index is 0. The average Bonchev–Trinajstić information content (AvgIpc) is 3.28. The number of amidine groups is 2. The van der Waals surface area contributed by atoms with Crippen molar-refractivity contribution in [2.45, 2.75) is 6.42 Å². The molecular formula is C23H23Cl2N5O3S. The fourth-order valence-electron chi connectivity index (χ4n) is 3.38. The molecular weight excluding hydrogens is 497 g/mol. The smallest absolute Gasteiger partial charge is 0.343 e. The summed E-state index contributed by atoms with van der Waals surface area (Å²) < 4.78 is 5.63. The van der Waals surface area contributed by atoms with Crippen LogP contribution in [0, 0.1) is 5.41 Å². The van der Waals surface area contributed by atoms with Gasteiger partial charge in [-0.1, -0.05) is 30.0 Å². The molecule has 0 aliphatic carbocycles. The van der Waals surface area contributed by atoms with E-state index < -0.39 is 11.9 Å². The van der Waals surface area contributed by atoms with E-state index in [9.17, 15) is 9.59 Å². The van der Waals surface area contributed by atoms with Crippen LogP contribution in [-0.4, -0.2) is 35.2 Å². The normalized spacial score (nSPS) is 12.2. The van der Waals surface area contributed by atoms with Crippen molar-refractivity contribution in [2.75, 3.05) is 17.6 Å². The van der Waals surface area contributed by atoms with E-state index in [0.29, 0.717) is 22.1 Å². The van der Waals surface area contributed by atoms with E-state index in [4.69, 9.17) is 21.6 Å². The lowest BCUT2D eigenvalue weighted by Crippen LogP contribution is -2.16. The van der Waals surface area contributed by atoms with Gasteiger partial charge in [0.1, 0.15) is 11.6 Å². The number of rotatable bonds is 6. The topological polar surface area (TPSA) is 144 Å². The molecule has 4 rings (SSSR count). The van der Waals surface area contributed by atoms with Gasteiger partial charge in [0.05, 0.1) is 18.5 Å². The van der Waals surface area contributed by atoms with E-state index >= 15 is 0 Å². The van der Waals surface area contributed by atoms with Crippen LogP contribution in [0.2, 0.25) is 0 Å². The number of halogens is 2. The fraction of sp³-hybridized carbons (Fsp3) is 0.130. The quantitative estimate of drug-likeness (QED) is 0.169. The number of nitrogens with one attached hydrogen (secondary N) is 2. The highest BCUT2D eigenvalue weighted by atomic mass is 35.5. The number of nitrogen functional groups attached to an aromatic ring is 1. The summed E-state index contributed by atoms with van der Waals surface area (Å²) in [6.45, 7) is 0.798. The Hall–Kier alpha value is -3.27. The maximum absolute atomic E-state index is 12.8. The second-order valence-corrected chi connectivity index (χ2v) is 8.25. The number of nitrogens with two attached hydrogens (primary N) is 2. The number of benzene rings is 3. The third-order valence-corrected chi connectivity index (χ3v) is 5.80. The van der Waals surface area contributed by atoms with E-state index in [1.165, 1.54) is 0 Å². The van der Waals surface area contributed by atoms with E-state index in [1.54, 1.807) is 66.4 Å². The Labute approximate surface area is 212 Å². The molecule has 0 saturated carbocycles. The molecule has 3 aromatic rings. The van der Waals surface area contributed by atoms with Gasteiger partial charge in [-0.3, -0.25) is 15.2 Å². The highest BCUT2D eigenvalue weighted by molar-refractivity contribution is 8.14. The molecule has 6 N–H and O–H groups in total. The zero-order chi connectivity index (χ0) is 22.7. The molecule has 0 spiro atoms.